The molecule has 4 heteroatoms. The quantitative estimate of drug-likeness (QED) is 0.370. The molecule has 3 unspecified atom stereocenters. The Morgan fingerprint density at radius 2 is 2.31 bits per heavy atom. The third-order valence-corrected chi connectivity index (χ3v) is 2.53. The lowest BCUT2D eigenvalue weighted by atomic mass is 9.65. The molecule has 3 atom stereocenters. The molecule has 0 aromatic rings. The highest BCUT2D eigenvalue weighted by molar-refractivity contribution is 7.17. The van der Waals surface area contributed by atoms with Crippen molar-refractivity contribution < 1.29 is 4.74 Å². The standard InChI is InChI=1S/C9H19BNOP/c1-3-4-9(2,10)5-8(13)6-12-7-11/h8H,3-6,10,13H2,1-2H3. The Hall–Kier alpha value is -0.215. The third kappa shape index (κ3) is 6.90. The zero-order valence-electron chi connectivity index (χ0n) is 8.84. The molecule has 2 nitrogen and oxygen atoms in total. The number of hydrogen-bond acceptors (Lipinski definition) is 2. The molecule has 0 aromatic heterocycles. The maximum Gasteiger partial charge on any atom is 0.286 e. The van der Waals surface area contributed by atoms with Crippen molar-refractivity contribution in [2.24, 2.45) is 0 Å². The number of nitrogens with zero attached hydrogens (tertiary/aromatic N) is 1. The monoisotopic (exact) mass is 199 g/mol. The molecule has 0 aromatic carbocycles. The normalized spacial score (nSPS) is 17.1. The molecule has 0 saturated heterocycles. The highest BCUT2D eigenvalue weighted by Gasteiger charge is 2.20. The Kier molecular flexibility index (Phi) is 6.17. The van der Waals surface area contributed by atoms with Crippen molar-refractivity contribution in [2.75, 3.05) is 6.61 Å². The molecule has 0 amide bonds. The van der Waals surface area contributed by atoms with Crippen molar-refractivity contribution in [3.05, 3.63) is 0 Å². The molecular formula is C9H19BNOP. The minimum absolute atomic E-state index is 0.361. The lowest BCUT2D eigenvalue weighted by Crippen LogP contribution is -2.17. The third-order valence-electron chi connectivity index (χ3n) is 2.10. The van der Waals surface area contributed by atoms with Gasteiger partial charge in [0.05, 0.1) is 0 Å². The summed E-state index contributed by atoms with van der Waals surface area (Å²) in [6.45, 7) is 4.99. The second-order valence-corrected chi connectivity index (χ2v) is 5.22. The van der Waals surface area contributed by atoms with Crippen molar-refractivity contribution >= 4 is 17.1 Å². The SMILES string of the molecule is BC(C)(CCC)CC(P)COC#N. The van der Waals surface area contributed by atoms with Crippen LogP contribution in [0, 0.1) is 11.5 Å². The van der Waals surface area contributed by atoms with E-state index in [-0.39, 0.29) is 0 Å². The van der Waals surface area contributed by atoms with Crippen molar-refractivity contribution in [3.63, 3.8) is 0 Å². The van der Waals surface area contributed by atoms with Crippen molar-refractivity contribution in [3.8, 4) is 6.26 Å². The van der Waals surface area contributed by atoms with Crippen LogP contribution in [0.3, 0.4) is 0 Å². The van der Waals surface area contributed by atoms with Crippen LogP contribution in [0.2, 0.25) is 5.31 Å². The molecule has 0 saturated carbocycles. The van der Waals surface area contributed by atoms with Gasteiger partial charge in [-0.3, -0.25) is 0 Å². The van der Waals surface area contributed by atoms with Gasteiger partial charge in [0, 0.05) is 5.66 Å². The lowest BCUT2D eigenvalue weighted by molar-refractivity contribution is 0.259. The number of nitriles is 1. The highest BCUT2D eigenvalue weighted by Crippen LogP contribution is 2.34. The maximum absolute atomic E-state index is 8.24. The molecule has 0 aliphatic rings. The van der Waals surface area contributed by atoms with Crippen LogP contribution in [0.15, 0.2) is 0 Å². The molecule has 0 heterocycles. The summed E-state index contributed by atoms with van der Waals surface area (Å²) in [4.78, 5) is 0. The first kappa shape index (κ1) is 12.8. The molecular weight excluding hydrogens is 180 g/mol. The molecule has 0 N–H and O–H groups in total. The number of rotatable bonds is 6. The summed E-state index contributed by atoms with van der Waals surface area (Å²) in [5.41, 5.74) is 0.390. The van der Waals surface area contributed by atoms with Crippen LogP contribution >= 0.6 is 9.24 Å². The van der Waals surface area contributed by atoms with Gasteiger partial charge >= 0.3 is 0 Å². The van der Waals surface area contributed by atoms with E-state index < -0.39 is 0 Å². The topological polar surface area (TPSA) is 33.0 Å². The van der Waals surface area contributed by atoms with Gasteiger partial charge in [0.15, 0.2) is 0 Å². The molecule has 0 rings (SSSR count). The van der Waals surface area contributed by atoms with Crippen LogP contribution in [0.1, 0.15) is 33.1 Å². The van der Waals surface area contributed by atoms with E-state index in [4.69, 9.17) is 10.00 Å². The fourth-order valence-electron chi connectivity index (χ4n) is 1.69. The van der Waals surface area contributed by atoms with Crippen LogP contribution in [0.5, 0.6) is 0 Å². The molecule has 0 radical (unpaired) electrons. The van der Waals surface area contributed by atoms with Crippen LogP contribution in [-0.2, 0) is 4.74 Å². The average Bonchev–Trinajstić information content (AvgIpc) is 1.99. The lowest BCUT2D eigenvalue weighted by Gasteiger charge is -2.26. The zero-order valence-corrected chi connectivity index (χ0v) is 9.99. The minimum atomic E-state index is 0.361. The van der Waals surface area contributed by atoms with E-state index in [0.29, 0.717) is 17.6 Å². The Bertz CT molecular complexity index is 179. The first-order chi connectivity index (χ1) is 6.02. The molecule has 0 aliphatic heterocycles. The van der Waals surface area contributed by atoms with E-state index in [1.807, 2.05) is 0 Å². The Morgan fingerprint density at radius 1 is 1.69 bits per heavy atom. The largest absolute Gasteiger partial charge is 0.427 e. The summed E-state index contributed by atoms with van der Waals surface area (Å²) in [6, 6.07) is 0. The van der Waals surface area contributed by atoms with E-state index >= 15 is 0 Å². The Balaban J connectivity index is 3.76. The summed E-state index contributed by atoms with van der Waals surface area (Å²) >= 11 is 0. The molecule has 0 spiro atoms. The van der Waals surface area contributed by atoms with Gasteiger partial charge in [-0.25, -0.2) is 0 Å². The second-order valence-electron chi connectivity index (χ2n) is 4.28. The Morgan fingerprint density at radius 3 is 2.77 bits per heavy atom. The fourth-order valence-corrected chi connectivity index (χ4v) is 2.43. The molecule has 0 fully saturated rings. The van der Waals surface area contributed by atoms with Gasteiger partial charge in [0.25, 0.3) is 6.26 Å². The van der Waals surface area contributed by atoms with E-state index in [1.54, 1.807) is 6.26 Å². The highest BCUT2D eigenvalue weighted by atomic mass is 31.0. The fraction of sp³-hybridized carbons (Fsp3) is 0.889. The van der Waals surface area contributed by atoms with Gasteiger partial charge in [0.1, 0.15) is 14.5 Å². The van der Waals surface area contributed by atoms with Crippen molar-refractivity contribution in [1.29, 1.82) is 5.26 Å². The average molecular weight is 199 g/mol. The van der Waals surface area contributed by atoms with Gasteiger partial charge in [-0.1, -0.05) is 32.0 Å². The van der Waals surface area contributed by atoms with Crippen LogP contribution in [0.4, 0.5) is 0 Å². The van der Waals surface area contributed by atoms with E-state index in [9.17, 15) is 0 Å². The molecule has 74 valence electrons. The summed E-state index contributed by atoms with van der Waals surface area (Å²) in [5.74, 6) is 0. The predicted molar refractivity (Wildman–Crippen MR) is 61.5 cm³/mol. The molecule has 0 bridgehead atoms. The molecule has 13 heavy (non-hydrogen) atoms. The van der Waals surface area contributed by atoms with Gasteiger partial charge in [-0.15, -0.1) is 9.24 Å². The maximum atomic E-state index is 8.24. The number of ether oxygens (including phenoxy) is 1. The summed E-state index contributed by atoms with van der Waals surface area (Å²) in [6.07, 6.45) is 5.23. The van der Waals surface area contributed by atoms with E-state index in [1.165, 1.54) is 12.8 Å². The van der Waals surface area contributed by atoms with Gasteiger partial charge < -0.3 is 4.74 Å². The van der Waals surface area contributed by atoms with Crippen molar-refractivity contribution in [1.82, 2.24) is 0 Å². The second kappa shape index (κ2) is 6.27. The van der Waals surface area contributed by atoms with Crippen LogP contribution < -0.4 is 0 Å². The van der Waals surface area contributed by atoms with E-state index in [0.717, 1.165) is 6.42 Å². The predicted octanol–water partition coefficient (Wildman–Crippen LogP) is 1.73. The summed E-state index contributed by atoms with van der Waals surface area (Å²) < 4.78 is 4.70. The van der Waals surface area contributed by atoms with E-state index in [2.05, 4.69) is 30.9 Å². The first-order valence-corrected chi connectivity index (χ1v) is 5.45. The smallest absolute Gasteiger partial charge is 0.286 e. The summed E-state index contributed by atoms with van der Waals surface area (Å²) in [7, 11) is 5.01. The minimum Gasteiger partial charge on any atom is -0.427 e. The molecule has 0 aliphatic carbocycles. The zero-order chi connectivity index (χ0) is 10.3. The van der Waals surface area contributed by atoms with Crippen LogP contribution in [0.25, 0.3) is 0 Å². The van der Waals surface area contributed by atoms with Crippen LogP contribution in [-0.4, -0.2) is 20.1 Å². The van der Waals surface area contributed by atoms with Gasteiger partial charge in [-0.05, 0) is 6.42 Å². The Labute approximate surface area is 84.6 Å². The first-order valence-electron chi connectivity index (χ1n) is 4.78. The number of hydrogen-bond donors (Lipinski definition) is 0. The van der Waals surface area contributed by atoms with Gasteiger partial charge in [0.2, 0.25) is 0 Å². The summed E-state index contributed by atoms with van der Waals surface area (Å²) in [5, 5.41) is 8.60. The van der Waals surface area contributed by atoms with Crippen molar-refractivity contribution in [2.45, 2.75) is 44.1 Å². The van der Waals surface area contributed by atoms with Gasteiger partial charge in [-0.2, -0.15) is 5.26 Å².